The number of hydrazine groups is 1. The second-order valence-corrected chi connectivity index (χ2v) is 10.2. The van der Waals surface area contributed by atoms with Gasteiger partial charge in [0.25, 0.3) is 11.1 Å². The van der Waals surface area contributed by atoms with Gasteiger partial charge in [-0.2, -0.15) is 0 Å². The summed E-state index contributed by atoms with van der Waals surface area (Å²) in [5.41, 5.74) is 5.87. The van der Waals surface area contributed by atoms with E-state index in [1.807, 2.05) is 37.4 Å². The molecular weight excluding hydrogens is 498 g/mol. The molecule has 11 nitrogen and oxygen atoms in total. The molecule has 1 aromatic carbocycles. The van der Waals surface area contributed by atoms with Crippen molar-refractivity contribution in [2.24, 2.45) is 0 Å². The number of alkyl carbamates (subject to hydrolysis) is 1. The number of carbonyl (C=O) groups excluding carboxylic acids is 4. The van der Waals surface area contributed by atoms with Gasteiger partial charge in [0.15, 0.2) is 0 Å². The molecule has 2 rings (SSSR count). The van der Waals surface area contributed by atoms with Gasteiger partial charge in [-0.05, 0) is 45.2 Å². The van der Waals surface area contributed by atoms with Crippen LogP contribution in [0.2, 0.25) is 0 Å². The summed E-state index contributed by atoms with van der Waals surface area (Å²) in [6.45, 7) is 7.87. The van der Waals surface area contributed by atoms with E-state index < -0.39 is 28.9 Å². The highest BCUT2D eigenvalue weighted by atomic mass is 32.2. The van der Waals surface area contributed by atoms with Crippen molar-refractivity contribution in [3.63, 3.8) is 0 Å². The largest absolute Gasteiger partial charge is 0.444 e. The van der Waals surface area contributed by atoms with Gasteiger partial charge in [-0.15, -0.1) is 0 Å². The Labute approximate surface area is 221 Å². The fourth-order valence-electron chi connectivity index (χ4n) is 3.17. The van der Waals surface area contributed by atoms with Gasteiger partial charge < -0.3 is 25.1 Å². The van der Waals surface area contributed by atoms with Gasteiger partial charge in [0, 0.05) is 30.3 Å². The number of benzene rings is 1. The Kier molecular flexibility index (Phi) is 12.2. The van der Waals surface area contributed by atoms with Crippen LogP contribution in [0.1, 0.15) is 46.1 Å². The van der Waals surface area contributed by atoms with Gasteiger partial charge in [0.1, 0.15) is 11.6 Å². The highest BCUT2D eigenvalue weighted by Gasteiger charge is 2.25. The second-order valence-electron chi connectivity index (χ2n) is 9.28. The number of amides is 4. The molecule has 0 saturated carbocycles. The molecule has 12 heteroatoms. The number of aromatic nitrogens is 1. The number of ether oxygens (including phenoxy) is 2. The molecule has 0 bridgehead atoms. The number of para-hydroxylation sites is 1. The van der Waals surface area contributed by atoms with Gasteiger partial charge in [-0.3, -0.25) is 25.2 Å². The third-order valence-corrected chi connectivity index (χ3v) is 5.72. The number of nitrogens with one attached hydrogen (secondary N) is 5. The van der Waals surface area contributed by atoms with Gasteiger partial charge in [-0.1, -0.05) is 43.3 Å². The van der Waals surface area contributed by atoms with Crippen LogP contribution in [0.5, 0.6) is 0 Å². The number of fused-ring (bicyclic) bond motifs is 1. The van der Waals surface area contributed by atoms with Crippen LogP contribution >= 0.6 is 11.8 Å². The van der Waals surface area contributed by atoms with E-state index in [1.54, 1.807) is 20.8 Å². The number of hydrogen-bond acceptors (Lipinski definition) is 7. The van der Waals surface area contributed by atoms with Crippen LogP contribution in [0, 0.1) is 0 Å². The summed E-state index contributed by atoms with van der Waals surface area (Å²) in [5.74, 6) is -1.10. The molecule has 2 aromatic rings. The molecule has 5 N–H and O–H groups in total. The zero-order valence-corrected chi connectivity index (χ0v) is 22.6. The van der Waals surface area contributed by atoms with E-state index in [4.69, 9.17) is 9.47 Å². The first-order chi connectivity index (χ1) is 17.6. The highest BCUT2D eigenvalue weighted by molar-refractivity contribution is 8.14. The molecule has 0 saturated heterocycles. The predicted molar refractivity (Wildman–Crippen MR) is 143 cm³/mol. The predicted octanol–water partition coefficient (Wildman–Crippen LogP) is 3.01. The van der Waals surface area contributed by atoms with Crippen molar-refractivity contribution in [2.45, 2.75) is 58.6 Å². The van der Waals surface area contributed by atoms with Crippen molar-refractivity contribution < 1.29 is 28.7 Å². The van der Waals surface area contributed by atoms with Gasteiger partial charge in [0.05, 0.1) is 12.4 Å². The zero-order valence-electron chi connectivity index (χ0n) is 21.8. The number of carbonyl (C=O) groups is 4. The van der Waals surface area contributed by atoms with Crippen LogP contribution in [0.25, 0.3) is 10.9 Å². The topological polar surface area (TPSA) is 151 Å². The molecule has 37 heavy (non-hydrogen) atoms. The monoisotopic (exact) mass is 535 g/mol. The Morgan fingerprint density at radius 1 is 1.11 bits per heavy atom. The van der Waals surface area contributed by atoms with Crippen LogP contribution in [0.4, 0.5) is 9.59 Å². The normalized spacial score (nSPS) is 12.0. The van der Waals surface area contributed by atoms with E-state index in [1.165, 1.54) is 0 Å². The average molecular weight is 536 g/mol. The van der Waals surface area contributed by atoms with Crippen LogP contribution in [0.3, 0.4) is 0 Å². The minimum Gasteiger partial charge on any atom is -0.444 e. The molecule has 204 valence electrons. The Bertz CT molecular complexity index is 1050. The maximum absolute atomic E-state index is 12.5. The lowest BCUT2D eigenvalue weighted by atomic mass is 10.1. The fourth-order valence-corrected chi connectivity index (χ4v) is 3.66. The Balaban J connectivity index is 1.72. The van der Waals surface area contributed by atoms with Crippen molar-refractivity contribution in [1.29, 1.82) is 0 Å². The van der Waals surface area contributed by atoms with Crippen LogP contribution in [-0.2, 0) is 25.5 Å². The molecule has 0 aliphatic heterocycles. The van der Waals surface area contributed by atoms with Crippen molar-refractivity contribution >= 4 is 45.8 Å². The number of hydrogen-bond donors (Lipinski definition) is 5. The Hall–Kier alpha value is -3.25. The summed E-state index contributed by atoms with van der Waals surface area (Å²) in [5, 5.41) is 5.71. The first kappa shape index (κ1) is 30.0. The van der Waals surface area contributed by atoms with E-state index in [9.17, 15) is 19.2 Å². The van der Waals surface area contributed by atoms with Gasteiger partial charge in [-0.25, -0.2) is 4.79 Å². The molecule has 0 unspecified atom stereocenters. The number of H-pyrrole nitrogens is 1. The van der Waals surface area contributed by atoms with E-state index in [-0.39, 0.29) is 18.3 Å². The minimum atomic E-state index is -1.08. The first-order valence-corrected chi connectivity index (χ1v) is 13.2. The zero-order chi connectivity index (χ0) is 27.3. The molecular formula is C25H37N5O6S. The van der Waals surface area contributed by atoms with Gasteiger partial charge >= 0.3 is 6.09 Å². The van der Waals surface area contributed by atoms with Crippen LogP contribution in [-0.4, -0.2) is 65.3 Å². The van der Waals surface area contributed by atoms with E-state index >= 15 is 0 Å². The third kappa shape index (κ3) is 11.6. The van der Waals surface area contributed by atoms with Crippen LogP contribution < -0.4 is 21.5 Å². The highest BCUT2D eigenvalue weighted by Crippen LogP contribution is 2.17. The second kappa shape index (κ2) is 15.1. The number of unbranched alkanes of at least 4 members (excludes halogenated alkanes) is 1. The quantitative estimate of drug-likeness (QED) is 0.207. The molecule has 0 aliphatic rings. The average Bonchev–Trinajstić information content (AvgIpc) is 3.25. The molecule has 0 aliphatic carbocycles. The van der Waals surface area contributed by atoms with Crippen molar-refractivity contribution in [2.75, 3.05) is 25.5 Å². The fraction of sp³-hybridized carbons (Fsp3) is 0.520. The molecule has 0 spiro atoms. The number of rotatable bonds is 12. The summed E-state index contributed by atoms with van der Waals surface area (Å²) in [6, 6.07) is 6.84. The smallest absolute Gasteiger partial charge is 0.408 e. The standard InChI is InChI=1S/C25H37N5O6S/c1-5-6-13-35-15-20(28-23(33)36-25(2,3)4)22(32)29-30-24(34)37-16-21(31)26-12-11-17-14-27-19-10-8-7-9-18(17)19/h7-10,14,20,27H,5-6,11-13,15-16H2,1-4H3,(H,26,31)(H,28,33)(H,29,32)(H,30,34)/t20-/m0/s1. The summed E-state index contributed by atoms with van der Waals surface area (Å²) >= 11 is 0.709. The SMILES string of the molecule is CCCCOC[C@H](NC(=O)OC(C)(C)C)C(=O)NNC(=O)SCC(=O)NCCc1c[nH]c2ccccc12. The van der Waals surface area contributed by atoms with Gasteiger partial charge in [0.2, 0.25) is 5.91 Å². The van der Waals surface area contributed by atoms with Crippen molar-refractivity contribution in [3.8, 4) is 0 Å². The lowest BCUT2D eigenvalue weighted by Crippen LogP contribution is -2.54. The van der Waals surface area contributed by atoms with Crippen molar-refractivity contribution in [3.05, 3.63) is 36.0 Å². The summed E-state index contributed by atoms with van der Waals surface area (Å²) < 4.78 is 10.6. The lowest BCUT2D eigenvalue weighted by molar-refractivity contribution is -0.125. The van der Waals surface area contributed by atoms with Crippen molar-refractivity contribution in [1.82, 2.24) is 26.5 Å². The maximum Gasteiger partial charge on any atom is 0.408 e. The molecule has 1 heterocycles. The van der Waals surface area contributed by atoms with E-state index in [0.29, 0.717) is 31.3 Å². The summed E-state index contributed by atoms with van der Waals surface area (Å²) in [6.07, 6.45) is 3.51. The molecule has 0 fully saturated rings. The molecule has 4 amide bonds. The third-order valence-electron chi connectivity index (χ3n) is 4.95. The van der Waals surface area contributed by atoms with E-state index in [2.05, 4.69) is 26.5 Å². The Morgan fingerprint density at radius 2 is 1.86 bits per heavy atom. The minimum absolute atomic E-state index is 0.0904. The van der Waals surface area contributed by atoms with Crippen LogP contribution in [0.15, 0.2) is 30.5 Å². The first-order valence-electron chi connectivity index (χ1n) is 12.2. The maximum atomic E-state index is 12.5. The molecule has 0 radical (unpaired) electrons. The number of aromatic amines is 1. The Morgan fingerprint density at radius 3 is 2.59 bits per heavy atom. The number of thioether (sulfide) groups is 1. The van der Waals surface area contributed by atoms with E-state index in [0.717, 1.165) is 29.3 Å². The summed E-state index contributed by atoms with van der Waals surface area (Å²) in [7, 11) is 0. The molecule has 1 aromatic heterocycles. The molecule has 1 atom stereocenters. The summed E-state index contributed by atoms with van der Waals surface area (Å²) in [4.78, 5) is 52.0. The lowest BCUT2D eigenvalue weighted by Gasteiger charge is -2.23.